The van der Waals surface area contributed by atoms with Gasteiger partial charge in [0.25, 0.3) is 0 Å². The number of rotatable bonds is 5. The fourth-order valence-electron chi connectivity index (χ4n) is 1.67. The Balaban J connectivity index is 2.77. The summed E-state index contributed by atoms with van der Waals surface area (Å²) < 4.78 is 5.32. The van der Waals surface area contributed by atoms with E-state index in [1.54, 1.807) is 7.11 Å². The standard InChI is InChI=1S/C13H21NO/c1-5-14(6-2)10-12-8-7-11(3)13(9-12)15-4/h7-9H,5-6,10H2,1-4H3. The van der Waals surface area contributed by atoms with Crippen molar-refractivity contribution < 1.29 is 4.74 Å². The lowest BCUT2D eigenvalue weighted by Crippen LogP contribution is -2.22. The summed E-state index contributed by atoms with van der Waals surface area (Å²) in [5.41, 5.74) is 2.52. The van der Waals surface area contributed by atoms with Gasteiger partial charge in [0.05, 0.1) is 7.11 Å². The van der Waals surface area contributed by atoms with E-state index in [4.69, 9.17) is 4.74 Å². The molecule has 1 aromatic carbocycles. The quantitative estimate of drug-likeness (QED) is 0.736. The highest BCUT2D eigenvalue weighted by Crippen LogP contribution is 2.19. The van der Waals surface area contributed by atoms with Crippen molar-refractivity contribution in [3.8, 4) is 5.75 Å². The zero-order valence-electron chi connectivity index (χ0n) is 10.2. The first-order valence-corrected chi connectivity index (χ1v) is 5.57. The average Bonchev–Trinajstić information content (AvgIpc) is 2.28. The summed E-state index contributed by atoms with van der Waals surface area (Å²) in [4.78, 5) is 2.39. The Morgan fingerprint density at radius 1 is 1.20 bits per heavy atom. The van der Waals surface area contributed by atoms with Crippen LogP contribution in [0.15, 0.2) is 18.2 Å². The van der Waals surface area contributed by atoms with Crippen molar-refractivity contribution in [3.05, 3.63) is 29.3 Å². The molecule has 2 nitrogen and oxygen atoms in total. The molecule has 0 saturated carbocycles. The fourth-order valence-corrected chi connectivity index (χ4v) is 1.67. The van der Waals surface area contributed by atoms with Crippen LogP contribution in [0.25, 0.3) is 0 Å². The minimum Gasteiger partial charge on any atom is -0.496 e. The Morgan fingerprint density at radius 3 is 2.40 bits per heavy atom. The van der Waals surface area contributed by atoms with E-state index in [9.17, 15) is 0 Å². The molecule has 0 fully saturated rings. The SMILES string of the molecule is CCN(CC)Cc1ccc(C)c(OC)c1. The molecule has 0 amide bonds. The molecule has 0 N–H and O–H groups in total. The maximum absolute atomic E-state index is 5.32. The Bertz CT molecular complexity index is 305. The van der Waals surface area contributed by atoms with Gasteiger partial charge in [0, 0.05) is 6.54 Å². The molecule has 0 aliphatic carbocycles. The highest BCUT2D eigenvalue weighted by atomic mass is 16.5. The summed E-state index contributed by atoms with van der Waals surface area (Å²) in [6.45, 7) is 9.63. The smallest absolute Gasteiger partial charge is 0.122 e. The van der Waals surface area contributed by atoms with Crippen molar-refractivity contribution in [2.45, 2.75) is 27.3 Å². The van der Waals surface area contributed by atoms with Gasteiger partial charge in [-0.15, -0.1) is 0 Å². The number of methoxy groups -OCH3 is 1. The van der Waals surface area contributed by atoms with Crippen molar-refractivity contribution in [2.24, 2.45) is 0 Å². The molecule has 0 aliphatic heterocycles. The maximum atomic E-state index is 5.32. The van der Waals surface area contributed by atoms with E-state index in [0.29, 0.717) is 0 Å². The lowest BCUT2D eigenvalue weighted by atomic mass is 10.1. The second-order valence-corrected chi connectivity index (χ2v) is 3.77. The van der Waals surface area contributed by atoms with Gasteiger partial charge in [-0.2, -0.15) is 0 Å². The molecule has 0 radical (unpaired) electrons. The largest absolute Gasteiger partial charge is 0.496 e. The van der Waals surface area contributed by atoms with Crippen LogP contribution in [0.2, 0.25) is 0 Å². The first kappa shape index (κ1) is 12.1. The van der Waals surface area contributed by atoms with Crippen molar-refractivity contribution in [2.75, 3.05) is 20.2 Å². The number of ether oxygens (including phenoxy) is 1. The molecule has 0 saturated heterocycles. The molecule has 0 heterocycles. The summed E-state index contributed by atoms with van der Waals surface area (Å²) in [6, 6.07) is 6.43. The second-order valence-electron chi connectivity index (χ2n) is 3.77. The van der Waals surface area contributed by atoms with Crippen LogP contribution in [0, 0.1) is 6.92 Å². The van der Waals surface area contributed by atoms with Gasteiger partial charge in [0.15, 0.2) is 0 Å². The first-order valence-electron chi connectivity index (χ1n) is 5.57. The summed E-state index contributed by atoms with van der Waals surface area (Å²) in [6.07, 6.45) is 0. The zero-order valence-corrected chi connectivity index (χ0v) is 10.2. The normalized spacial score (nSPS) is 10.7. The van der Waals surface area contributed by atoms with Gasteiger partial charge < -0.3 is 4.74 Å². The van der Waals surface area contributed by atoms with E-state index in [2.05, 4.69) is 43.9 Å². The van der Waals surface area contributed by atoms with Crippen LogP contribution in [0.5, 0.6) is 5.75 Å². The third-order valence-electron chi connectivity index (χ3n) is 2.77. The first-order chi connectivity index (χ1) is 7.21. The summed E-state index contributed by atoms with van der Waals surface area (Å²) in [7, 11) is 1.73. The topological polar surface area (TPSA) is 12.5 Å². The maximum Gasteiger partial charge on any atom is 0.122 e. The number of aryl methyl sites for hydroxylation is 1. The van der Waals surface area contributed by atoms with Crippen molar-refractivity contribution >= 4 is 0 Å². The summed E-state index contributed by atoms with van der Waals surface area (Å²) in [5, 5.41) is 0. The predicted octanol–water partition coefficient (Wildman–Crippen LogP) is 2.85. The second kappa shape index (κ2) is 5.76. The minimum absolute atomic E-state index is 0.986. The predicted molar refractivity (Wildman–Crippen MR) is 64.4 cm³/mol. The van der Waals surface area contributed by atoms with Crippen molar-refractivity contribution in [3.63, 3.8) is 0 Å². The van der Waals surface area contributed by atoms with Crippen molar-refractivity contribution in [1.82, 2.24) is 4.90 Å². The molecule has 84 valence electrons. The van der Waals surface area contributed by atoms with E-state index in [1.807, 2.05) is 0 Å². The van der Waals surface area contributed by atoms with Gasteiger partial charge in [-0.25, -0.2) is 0 Å². The van der Waals surface area contributed by atoms with Crippen molar-refractivity contribution in [1.29, 1.82) is 0 Å². The molecule has 0 aromatic heterocycles. The molecular formula is C13H21NO. The van der Waals surface area contributed by atoms with Gasteiger partial charge >= 0.3 is 0 Å². The van der Waals surface area contributed by atoms with E-state index < -0.39 is 0 Å². The van der Waals surface area contributed by atoms with E-state index in [0.717, 1.165) is 25.4 Å². The lowest BCUT2D eigenvalue weighted by molar-refractivity contribution is 0.295. The lowest BCUT2D eigenvalue weighted by Gasteiger charge is -2.18. The molecule has 15 heavy (non-hydrogen) atoms. The van der Waals surface area contributed by atoms with Crippen LogP contribution in [-0.2, 0) is 6.54 Å². The summed E-state index contributed by atoms with van der Waals surface area (Å²) in [5.74, 6) is 0.986. The van der Waals surface area contributed by atoms with Gasteiger partial charge in [0.2, 0.25) is 0 Å². The third-order valence-corrected chi connectivity index (χ3v) is 2.77. The number of benzene rings is 1. The molecule has 1 rings (SSSR count). The van der Waals surface area contributed by atoms with E-state index in [-0.39, 0.29) is 0 Å². The van der Waals surface area contributed by atoms with E-state index in [1.165, 1.54) is 11.1 Å². The van der Waals surface area contributed by atoms with Crippen LogP contribution >= 0.6 is 0 Å². The van der Waals surface area contributed by atoms with Crippen LogP contribution in [0.1, 0.15) is 25.0 Å². The highest BCUT2D eigenvalue weighted by molar-refractivity contribution is 5.36. The van der Waals surface area contributed by atoms with Gasteiger partial charge in [-0.1, -0.05) is 26.0 Å². The molecule has 0 bridgehead atoms. The Morgan fingerprint density at radius 2 is 1.87 bits per heavy atom. The number of nitrogens with zero attached hydrogens (tertiary/aromatic N) is 1. The van der Waals surface area contributed by atoms with Crippen LogP contribution in [0.4, 0.5) is 0 Å². The average molecular weight is 207 g/mol. The van der Waals surface area contributed by atoms with Gasteiger partial charge in [-0.05, 0) is 37.2 Å². The third kappa shape index (κ3) is 3.24. The van der Waals surface area contributed by atoms with E-state index >= 15 is 0 Å². The Kier molecular flexibility index (Phi) is 4.63. The monoisotopic (exact) mass is 207 g/mol. The molecule has 0 spiro atoms. The molecule has 0 unspecified atom stereocenters. The molecule has 2 heteroatoms. The minimum atomic E-state index is 0.986. The molecule has 1 aromatic rings. The van der Waals surface area contributed by atoms with Crippen LogP contribution < -0.4 is 4.74 Å². The fraction of sp³-hybridized carbons (Fsp3) is 0.538. The molecular weight excluding hydrogens is 186 g/mol. The van der Waals surface area contributed by atoms with Gasteiger partial charge in [0.1, 0.15) is 5.75 Å². The zero-order chi connectivity index (χ0) is 11.3. The summed E-state index contributed by atoms with van der Waals surface area (Å²) >= 11 is 0. The Labute approximate surface area is 92.9 Å². The van der Waals surface area contributed by atoms with Crippen LogP contribution in [0.3, 0.4) is 0 Å². The molecule has 0 aliphatic rings. The van der Waals surface area contributed by atoms with Crippen LogP contribution in [-0.4, -0.2) is 25.1 Å². The number of hydrogen-bond donors (Lipinski definition) is 0. The Hall–Kier alpha value is -1.02. The highest BCUT2D eigenvalue weighted by Gasteiger charge is 2.03. The van der Waals surface area contributed by atoms with Gasteiger partial charge in [-0.3, -0.25) is 4.90 Å². The molecule has 0 atom stereocenters. The number of hydrogen-bond acceptors (Lipinski definition) is 2.